The Morgan fingerprint density at radius 2 is 1.88 bits per heavy atom. The largest absolute Gasteiger partial charge is 0.490 e. The van der Waals surface area contributed by atoms with Gasteiger partial charge in [0.05, 0.1) is 11.3 Å². The topological polar surface area (TPSA) is 76.1 Å². The van der Waals surface area contributed by atoms with Gasteiger partial charge in [-0.2, -0.15) is 0 Å². The van der Waals surface area contributed by atoms with Gasteiger partial charge in [0, 0.05) is 18.9 Å². The van der Waals surface area contributed by atoms with Gasteiger partial charge in [-0.15, -0.1) is 0 Å². The first-order valence-corrected chi connectivity index (χ1v) is 11.1. The van der Waals surface area contributed by atoms with Crippen LogP contribution in [0.15, 0.2) is 42.5 Å². The number of para-hydroxylation sites is 1. The maximum Gasteiger partial charge on any atom is 0.353 e. The van der Waals surface area contributed by atoms with Crippen molar-refractivity contribution in [2.45, 2.75) is 51.2 Å². The van der Waals surface area contributed by atoms with Gasteiger partial charge in [0.2, 0.25) is 11.6 Å². The number of rotatable bonds is 6. The van der Waals surface area contributed by atoms with Crippen LogP contribution in [0.2, 0.25) is 0 Å². The summed E-state index contributed by atoms with van der Waals surface area (Å²) >= 11 is 0. The second kappa shape index (κ2) is 7.65. The number of aryl methyl sites for hydroxylation is 2. The van der Waals surface area contributed by atoms with Crippen LogP contribution in [-0.2, 0) is 14.3 Å². The third-order valence-corrected chi connectivity index (χ3v) is 6.46. The summed E-state index contributed by atoms with van der Waals surface area (Å²) < 4.78 is 11.5. The first-order valence-electron chi connectivity index (χ1n) is 11.1. The molecule has 166 valence electrons. The van der Waals surface area contributed by atoms with Crippen LogP contribution in [0, 0.1) is 13.8 Å². The molecule has 0 unspecified atom stereocenters. The van der Waals surface area contributed by atoms with Crippen LogP contribution in [-0.4, -0.2) is 47.6 Å². The summed E-state index contributed by atoms with van der Waals surface area (Å²) in [5.74, 6) is -0.197. The first-order chi connectivity index (χ1) is 15.4. The smallest absolute Gasteiger partial charge is 0.353 e. The standard InChI is InChI=1S/C25H26N2O5/c1-16-7-8-17(2)21(15-16)31-13-14-32-24(30)25-12-11-22(28)27(25)20-6-4-3-5-19(20)23(29)26(25)18-9-10-18/h3-8,15,18H,9-14H2,1-2H3/t25-/m0/s1. The molecule has 5 rings (SSSR count). The predicted molar refractivity (Wildman–Crippen MR) is 117 cm³/mol. The van der Waals surface area contributed by atoms with Crippen LogP contribution in [0.1, 0.15) is 47.2 Å². The molecular formula is C25H26N2O5. The maximum atomic E-state index is 13.5. The molecule has 2 aromatic rings. The number of carbonyl (C=O) groups is 3. The Balaban J connectivity index is 1.39. The maximum absolute atomic E-state index is 13.5. The molecule has 1 saturated heterocycles. The summed E-state index contributed by atoms with van der Waals surface area (Å²) in [4.78, 5) is 42.9. The van der Waals surface area contributed by atoms with Crippen molar-refractivity contribution in [2.75, 3.05) is 18.1 Å². The number of carbonyl (C=O) groups excluding carboxylic acids is 3. The molecule has 1 saturated carbocycles. The van der Waals surface area contributed by atoms with Crippen molar-refractivity contribution in [2.24, 2.45) is 0 Å². The van der Waals surface area contributed by atoms with Gasteiger partial charge >= 0.3 is 5.97 Å². The minimum atomic E-state index is -1.41. The van der Waals surface area contributed by atoms with Crippen molar-refractivity contribution in [1.29, 1.82) is 0 Å². The van der Waals surface area contributed by atoms with Crippen LogP contribution in [0.3, 0.4) is 0 Å². The average Bonchev–Trinajstić information content (AvgIpc) is 3.56. The summed E-state index contributed by atoms with van der Waals surface area (Å²) in [6.45, 7) is 4.17. The lowest BCUT2D eigenvalue weighted by Gasteiger charge is -2.48. The molecule has 2 amide bonds. The van der Waals surface area contributed by atoms with Crippen LogP contribution < -0.4 is 9.64 Å². The van der Waals surface area contributed by atoms with E-state index in [2.05, 4.69) is 0 Å². The van der Waals surface area contributed by atoms with Gasteiger partial charge in [-0.05, 0) is 56.0 Å². The van der Waals surface area contributed by atoms with E-state index in [9.17, 15) is 14.4 Å². The molecule has 2 aromatic carbocycles. The molecule has 0 spiro atoms. The fraction of sp³-hybridized carbons (Fsp3) is 0.400. The summed E-state index contributed by atoms with van der Waals surface area (Å²) in [5, 5.41) is 0. The summed E-state index contributed by atoms with van der Waals surface area (Å²) in [6, 6.07) is 12.9. The minimum absolute atomic E-state index is 0.0321. The number of fused-ring (bicyclic) bond motifs is 3. The van der Waals surface area contributed by atoms with Crippen molar-refractivity contribution >= 4 is 23.5 Å². The van der Waals surface area contributed by atoms with Gasteiger partial charge in [-0.3, -0.25) is 14.5 Å². The number of amides is 2. The number of nitrogens with zero attached hydrogens (tertiary/aromatic N) is 2. The summed E-state index contributed by atoms with van der Waals surface area (Å²) in [7, 11) is 0. The van der Waals surface area contributed by atoms with Crippen molar-refractivity contribution in [3.05, 3.63) is 59.2 Å². The molecule has 0 bridgehead atoms. The minimum Gasteiger partial charge on any atom is -0.490 e. The monoisotopic (exact) mass is 434 g/mol. The van der Waals surface area contributed by atoms with E-state index in [0.717, 1.165) is 29.7 Å². The van der Waals surface area contributed by atoms with Gasteiger partial charge in [-0.25, -0.2) is 4.79 Å². The number of hydrogen-bond acceptors (Lipinski definition) is 5. The summed E-state index contributed by atoms with van der Waals surface area (Å²) in [6.07, 6.45) is 2.07. The van der Waals surface area contributed by atoms with E-state index in [1.807, 2.05) is 32.0 Å². The van der Waals surface area contributed by atoms with Crippen LogP contribution in [0.25, 0.3) is 0 Å². The molecule has 32 heavy (non-hydrogen) atoms. The van der Waals surface area contributed by atoms with Crippen molar-refractivity contribution in [3.8, 4) is 5.75 Å². The third-order valence-electron chi connectivity index (χ3n) is 6.46. The Morgan fingerprint density at radius 3 is 2.66 bits per heavy atom. The predicted octanol–water partition coefficient (Wildman–Crippen LogP) is 3.37. The Bertz CT molecular complexity index is 1110. The van der Waals surface area contributed by atoms with Gasteiger partial charge in [0.15, 0.2) is 0 Å². The van der Waals surface area contributed by atoms with E-state index < -0.39 is 11.6 Å². The lowest BCUT2D eigenvalue weighted by molar-refractivity contribution is -0.158. The van der Waals surface area contributed by atoms with Crippen molar-refractivity contribution in [3.63, 3.8) is 0 Å². The summed E-state index contributed by atoms with van der Waals surface area (Å²) in [5.41, 5.74) is 1.61. The van der Waals surface area contributed by atoms with E-state index in [0.29, 0.717) is 11.3 Å². The zero-order chi connectivity index (χ0) is 22.5. The lowest BCUT2D eigenvalue weighted by atomic mass is 9.96. The highest BCUT2D eigenvalue weighted by molar-refractivity contribution is 6.15. The highest BCUT2D eigenvalue weighted by Crippen LogP contribution is 2.49. The number of ether oxygens (including phenoxy) is 2. The van der Waals surface area contributed by atoms with Gasteiger partial charge < -0.3 is 14.4 Å². The van der Waals surface area contributed by atoms with Crippen molar-refractivity contribution in [1.82, 2.24) is 4.90 Å². The van der Waals surface area contributed by atoms with Gasteiger partial charge in [0.25, 0.3) is 5.91 Å². The third kappa shape index (κ3) is 3.15. The van der Waals surface area contributed by atoms with E-state index in [4.69, 9.17) is 9.47 Å². The van der Waals surface area contributed by atoms with E-state index in [1.165, 1.54) is 4.90 Å². The lowest BCUT2D eigenvalue weighted by Crippen LogP contribution is -2.69. The number of benzene rings is 2. The van der Waals surface area contributed by atoms with Crippen LogP contribution in [0.5, 0.6) is 5.75 Å². The van der Waals surface area contributed by atoms with Crippen LogP contribution in [0.4, 0.5) is 5.69 Å². The molecule has 3 aliphatic rings. The second-order valence-electron chi connectivity index (χ2n) is 8.72. The van der Waals surface area contributed by atoms with Crippen LogP contribution >= 0.6 is 0 Å². The zero-order valence-corrected chi connectivity index (χ0v) is 18.3. The molecular weight excluding hydrogens is 408 g/mol. The Labute approximate surface area is 186 Å². The fourth-order valence-corrected chi connectivity index (χ4v) is 4.78. The molecule has 7 heteroatoms. The fourth-order valence-electron chi connectivity index (χ4n) is 4.78. The molecule has 1 aliphatic carbocycles. The van der Waals surface area contributed by atoms with Gasteiger partial charge in [0.1, 0.15) is 19.0 Å². The highest BCUT2D eigenvalue weighted by Gasteiger charge is 2.64. The zero-order valence-electron chi connectivity index (χ0n) is 18.3. The molecule has 1 atom stereocenters. The SMILES string of the molecule is Cc1ccc(C)c(OCCOC(=O)[C@]23CCC(=O)N2c2ccccc2C(=O)N3C2CC2)c1. The number of hydrogen-bond donors (Lipinski definition) is 0. The first kappa shape index (κ1) is 20.5. The molecule has 2 aliphatic heterocycles. The molecule has 0 N–H and O–H groups in total. The molecule has 0 radical (unpaired) electrons. The Kier molecular flexibility index (Phi) is 4.92. The van der Waals surface area contributed by atoms with E-state index in [-0.39, 0.29) is 43.9 Å². The Morgan fingerprint density at radius 1 is 1.09 bits per heavy atom. The number of esters is 1. The van der Waals surface area contributed by atoms with E-state index in [1.54, 1.807) is 29.2 Å². The number of anilines is 1. The Hall–Kier alpha value is -3.35. The molecule has 2 heterocycles. The average molecular weight is 434 g/mol. The molecule has 0 aromatic heterocycles. The quantitative estimate of drug-likeness (QED) is 0.515. The molecule has 2 fully saturated rings. The normalized spacial score (nSPS) is 21.9. The van der Waals surface area contributed by atoms with E-state index >= 15 is 0 Å². The second-order valence-corrected chi connectivity index (χ2v) is 8.72. The van der Waals surface area contributed by atoms with Crippen molar-refractivity contribution < 1.29 is 23.9 Å². The van der Waals surface area contributed by atoms with Gasteiger partial charge in [-0.1, -0.05) is 24.3 Å². The highest BCUT2D eigenvalue weighted by atomic mass is 16.6. The molecule has 7 nitrogen and oxygen atoms in total.